The average Bonchev–Trinajstić information content (AvgIpc) is 1.94. The standard InChI is InChI=1S/C8H8N2/c1-3-7-4-8(9)5-10-6(7)2/h1,4-5H,9H2,2H3. The van der Waals surface area contributed by atoms with Crippen LogP contribution in [0.2, 0.25) is 0 Å². The minimum Gasteiger partial charge on any atom is -0.397 e. The van der Waals surface area contributed by atoms with Crippen molar-refractivity contribution in [2.75, 3.05) is 5.73 Å². The summed E-state index contributed by atoms with van der Waals surface area (Å²) >= 11 is 0. The topological polar surface area (TPSA) is 38.9 Å². The second-order valence-corrected chi connectivity index (χ2v) is 2.05. The fraction of sp³-hybridized carbons (Fsp3) is 0.125. The summed E-state index contributed by atoms with van der Waals surface area (Å²) in [5.41, 5.74) is 7.66. The lowest BCUT2D eigenvalue weighted by atomic mass is 10.2. The molecule has 0 unspecified atom stereocenters. The summed E-state index contributed by atoms with van der Waals surface area (Å²) in [5.74, 6) is 2.49. The van der Waals surface area contributed by atoms with E-state index in [1.807, 2.05) is 6.92 Å². The minimum atomic E-state index is 0.610. The maximum absolute atomic E-state index is 5.44. The molecule has 0 spiro atoms. The van der Waals surface area contributed by atoms with Gasteiger partial charge in [-0.2, -0.15) is 0 Å². The van der Waals surface area contributed by atoms with Crippen molar-refractivity contribution in [2.24, 2.45) is 0 Å². The van der Waals surface area contributed by atoms with Gasteiger partial charge in [-0.15, -0.1) is 6.42 Å². The van der Waals surface area contributed by atoms with E-state index >= 15 is 0 Å². The molecule has 2 N–H and O–H groups in total. The number of aromatic nitrogens is 1. The van der Waals surface area contributed by atoms with Crippen LogP contribution < -0.4 is 5.73 Å². The Balaban J connectivity index is 3.25. The van der Waals surface area contributed by atoms with Crippen molar-refractivity contribution in [1.29, 1.82) is 0 Å². The molecule has 0 radical (unpaired) electrons. The van der Waals surface area contributed by atoms with E-state index in [1.165, 1.54) is 0 Å². The highest BCUT2D eigenvalue weighted by Gasteiger charge is 1.94. The van der Waals surface area contributed by atoms with Crippen molar-refractivity contribution < 1.29 is 0 Å². The summed E-state index contributed by atoms with van der Waals surface area (Å²) in [6.45, 7) is 1.86. The van der Waals surface area contributed by atoms with Gasteiger partial charge in [0, 0.05) is 5.56 Å². The van der Waals surface area contributed by atoms with Crippen molar-refractivity contribution in [2.45, 2.75) is 6.92 Å². The highest BCUT2D eigenvalue weighted by Crippen LogP contribution is 2.06. The van der Waals surface area contributed by atoms with Crippen LogP contribution in [0.1, 0.15) is 11.3 Å². The monoisotopic (exact) mass is 132 g/mol. The van der Waals surface area contributed by atoms with E-state index in [0.717, 1.165) is 11.3 Å². The van der Waals surface area contributed by atoms with Crippen LogP contribution in [0.4, 0.5) is 5.69 Å². The normalized spacial score (nSPS) is 8.80. The number of hydrogen-bond acceptors (Lipinski definition) is 2. The number of rotatable bonds is 0. The molecule has 0 aliphatic carbocycles. The number of aryl methyl sites for hydroxylation is 1. The average molecular weight is 132 g/mol. The Bertz CT molecular complexity index is 284. The molecule has 0 amide bonds. The van der Waals surface area contributed by atoms with Gasteiger partial charge in [0.1, 0.15) is 0 Å². The number of nitrogens with two attached hydrogens (primary N) is 1. The number of anilines is 1. The molecular weight excluding hydrogens is 124 g/mol. The van der Waals surface area contributed by atoms with Crippen LogP contribution in [0.5, 0.6) is 0 Å². The first-order chi connectivity index (χ1) is 4.74. The largest absolute Gasteiger partial charge is 0.397 e. The first-order valence-corrected chi connectivity index (χ1v) is 2.93. The summed E-state index contributed by atoms with van der Waals surface area (Å²) in [7, 11) is 0. The Morgan fingerprint density at radius 3 is 2.90 bits per heavy atom. The van der Waals surface area contributed by atoms with Gasteiger partial charge < -0.3 is 5.73 Å². The first-order valence-electron chi connectivity index (χ1n) is 2.93. The minimum absolute atomic E-state index is 0.610. The van der Waals surface area contributed by atoms with Gasteiger partial charge in [0.15, 0.2) is 0 Å². The number of hydrogen-bond donors (Lipinski definition) is 1. The fourth-order valence-corrected chi connectivity index (χ4v) is 0.695. The van der Waals surface area contributed by atoms with Gasteiger partial charge in [-0.25, -0.2) is 0 Å². The molecular formula is C8H8N2. The van der Waals surface area contributed by atoms with E-state index in [4.69, 9.17) is 12.2 Å². The van der Waals surface area contributed by atoms with Gasteiger partial charge in [-0.3, -0.25) is 4.98 Å². The van der Waals surface area contributed by atoms with Gasteiger partial charge in [0.25, 0.3) is 0 Å². The van der Waals surface area contributed by atoms with E-state index in [-0.39, 0.29) is 0 Å². The van der Waals surface area contributed by atoms with Crippen LogP contribution in [-0.4, -0.2) is 4.98 Å². The van der Waals surface area contributed by atoms with Crippen molar-refractivity contribution >= 4 is 5.69 Å². The Morgan fingerprint density at radius 2 is 2.40 bits per heavy atom. The second-order valence-electron chi connectivity index (χ2n) is 2.05. The Hall–Kier alpha value is -1.49. The van der Waals surface area contributed by atoms with E-state index in [9.17, 15) is 0 Å². The zero-order chi connectivity index (χ0) is 7.56. The number of pyridine rings is 1. The number of terminal acetylenes is 1. The third kappa shape index (κ3) is 1.08. The van der Waals surface area contributed by atoms with E-state index in [2.05, 4.69) is 10.9 Å². The Morgan fingerprint density at radius 1 is 1.70 bits per heavy atom. The molecule has 10 heavy (non-hydrogen) atoms. The molecule has 0 aliphatic heterocycles. The predicted molar refractivity (Wildman–Crippen MR) is 41.3 cm³/mol. The SMILES string of the molecule is C#Cc1cc(N)cnc1C. The van der Waals surface area contributed by atoms with Crippen LogP contribution in [0.3, 0.4) is 0 Å². The molecule has 0 saturated heterocycles. The maximum Gasteiger partial charge on any atom is 0.0530 e. The van der Waals surface area contributed by atoms with Crippen molar-refractivity contribution in [1.82, 2.24) is 4.98 Å². The quantitative estimate of drug-likeness (QED) is 0.534. The summed E-state index contributed by atoms with van der Waals surface area (Å²) in [5, 5.41) is 0. The van der Waals surface area contributed by atoms with Gasteiger partial charge in [-0.05, 0) is 13.0 Å². The Labute approximate surface area is 60.1 Å². The summed E-state index contributed by atoms with van der Waals surface area (Å²) in [6, 6.07) is 1.74. The molecule has 0 saturated carbocycles. The molecule has 0 fully saturated rings. The zero-order valence-electron chi connectivity index (χ0n) is 5.76. The highest BCUT2D eigenvalue weighted by atomic mass is 14.7. The first kappa shape index (κ1) is 6.63. The second kappa shape index (κ2) is 2.40. The predicted octanol–water partition coefficient (Wildman–Crippen LogP) is 0.954. The molecule has 1 heterocycles. The molecule has 0 aliphatic rings. The Kier molecular flexibility index (Phi) is 1.59. The summed E-state index contributed by atoms with van der Waals surface area (Å²) in [4.78, 5) is 3.98. The number of nitrogens with zero attached hydrogens (tertiary/aromatic N) is 1. The summed E-state index contributed by atoms with van der Waals surface area (Å²) in [6.07, 6.45) is 6.77. The molecule has 1 aromatic rings. The molecule has 0 atom stereocenters. The van der Waals surface area contributed by atoms with Gasteiger partial charge >= 0.3 is 0 Å². The molecule has 2 nitrogen and oxygen atoms in total. The maximum atomic E-state index is 5.44. The van der Waals surface area contributed by atoms with Crippen LogP contribution in [-0.2, 0) is 0 Å². The fourth-order valence-electron chi connectivity index (χ4n) is 0.695. The van der Waals surface area contributed by atoms with Crippen molar-refractivity contribution in [3.8, 4) is 12.3 Å². The van der Waals surface area contributed by atoms with Crippen LogP contribution in [0.25, 0.3) is 0 Å². The molecule has 1 rings (SSSR count). The van der Waals surface area contributed by atoms with E-state index < -0.39 is 0 Å². The van der Waals surface area contributed by atoms with Gasteiger partial charge in [0.2, 0.25) is 0 Å². The zero-order valence-corrected chi connectivity index (χ0v) is 5.76. The van der Waals surface area contributed by atoms with Crippen molar-refractivity contribution in [3.63, 3.8) is 0 Å². The van der Waals surface area contributed by atoms with Gasteiger partial charge in [-0.1, -0.05) is 5.92 Å². The lowest BCUT2D eigenvalue weighted by Gasteiger charge is -1.96. The lowest BCUT2D eigenvalue weighted by molar-refractivity contribution is 1.19. The van der Waals surface area contributed by atoms with Crippen LogP contribution in [0, 0.1) is 19.3 Å². The third-order valence-electron chi connectivity index (χ3n) is 1.26. The molecule has 1 aromatic heterocycles. The molecule has 0 bridgehead atoms. The molecule has 0 aromatic carbocycles. The smallest absolute Gasteiger partial charge is 0.0530 e. The highest BCUT2D eigenvalue weighted by molar-refractivity contribution is 5.46. The third-order valence-corrected chi connectivity index (χ3v) is 1.26. The number of nitrogen functional groups attached to an aromatic ring is 1. The molecule has 2 heteroatoms. The van der Waals surface area contributed by atoms with E-state index in [0.29, 0.717) is 5.69 Å². The van der Waals surface area contributed by atoms with Crippen LogP contribution >= 0.6 is 0 Å². The molecule has 50 valence electrons. The van der Waals surface area contributed by atoms with Crippen molar-refractivity contribution in [3.05, 3.63) is 23.5 Å². The van der Waals surface area contributed by atoms with Crippen LogP contribution in [0.15, 0.2) is 12.3 Å². The van der Waals surface area contributed by atoms with Gasteiger partial charge in [0.05, 0.1) is 17.6 Å². The van der Waals surface area contributed by atoms with E-state index in [1.54, 1.807) is 12.3 Å². The summed E-state index contributed by atoms with van der Waals surface area (Å²) < 4.78 is 0. The lowest BCUT2D eigenvalue weighted by Crippen LogP contribution is -1.91.